The first kappa shape index (κ1) is 82.7. The van der Waals surface area contributed by atoms with E-state index >= 15 is 0 Å². The van der Waals surface area contributed by atoms with Gasteiger partial charge in [-0.3, -0.25) is 53.1 Å². The number of halogens is 4. The van der Waals surface area contributed by atoms with Gasteiger partial charge < -0.3 is 55.0 Å². The number of carbonyl (C=O) groups excluding carboxylic acids is 9. The minimum Gasteiger partial charge on any atom is -0.353 e. The molecule has 4 aromatic carbocycles. The van der Waals surface area contributed by atoms with Crippen molar-refractivity contribution in [2.24, 2.45) is 0 Å². The summed E-state index contributed by atoms with van der Waals surface area (Å²) in [6.07, 6.45) is 20.4. The zero-order valence-corrected chi connectivity index (χ0v) is 64.4. The fourth-order valence-corrected chi connectivity index (χ4v) is 15.0. The average Bonchev–Trinajstić information content (AvgIpc) is 1.64. The number of nitrogens with zero attached hydrogens (tertiary/aromatic N) is 17. The molecule has 0 aliphatic carbocycles. The van der Waals surface area contributed by atoms with E-state index < -0.39 is 72.0 Å². The highest BCUT2D eigenvalue weighted by atomic mass is 32.1. The highest BCUT2D eigenvalue weighted by Crippen LogP contribution is 2.34. The maximum absolute atomic E-state index is 14.6. The number of hydrogen-bond acceptors (Lipinski definition) is 24. The lowest BCUT2D eigenvalue weighted by Crippen LogP contribution is -2.44. The summed E-state index contributed by atoms with van der Waals surface area (Å²) < 4.78 is 66.6. The molecule has 0 unspecified atom stereocenters. The quantitative estimate of drug-likeness (QED) is 0.0293. The number of aromatic nitrogens is 14. The molecule has 5 amide bonds. The summed E-state index contributed by atoms with van der Waals surface area (Å²) in [7, 11) is 0. The number of fused-ring (bicyclic) bond motifs is 3. The Morgan fingerprint density at radius 3 is 1.28 bits per heavy atom. The molecule has 119 heavy (non-hydrogen) atoms. The number of anilines is 8. The van der Waals surface area contributed by atoms with Crippen molar-refractivity contribution in [1.82, 2.24) is 82.6 Å². The molecule has 16 rings (SSSR count). The van der Waals surface area contributed by atoms with Gasteiger partial charge in [-0.2, -0.15) is 4.37 Å². The lowest BCUT2D eigenvalue weighted by molar-refractivity contribution is -0.137. The van der Waals surface area contributed by atoms with Crippen molar-refractivity contribution in [3.05, 3.63) is 224 Å². The number of Topliss-reactive ketones (excluding diaryl/α,β-unsaturated/α-hetero) is 4. The number of hydrogen-bond donors (Lipinski definition) is 5. The summed E-state index contributed by atoms with van der Waals surface area (Å²) in [6, 6.07) is 22.8. The number of rotatable bonds is 23. The van der Waals surface area contributed by atoms with Gasteiger partial charge in [-0.05, 0) is 118 Å². The van der Waals surface area contributed by atoms with E-state index in [2.05, 4.69) is 80.8 Å². The van der Waals surface area contributed by atoms with Gasteiger partial charge in [-0.15, -0.1) is 0 Å². The van der Waals surface area contributed by atoms with Crippen molar-refractivity contribution in [2.45, 2.75) is 117 Å². The van der Waals surface area contributed by atoms with Crippen molar-refractivity contribution in [1.29, 1.82) is 0 Å². The second kappa shape index (κ2) is 36.7. The average molecular weight is 1640 g/mol. The van der Waals surface area contributed by atoms with Crippen LogP contribution in [0.2, 0.25) is 0 Å². The van der Waals surface area contributed by atoms with Crippen LogP contribution >= 0.6 is 11.5 Å². The summed E-state index contributed by atoms with van der Waals surface area (Å²) in [4.78, 5) is 161. The molecule has 608 valence electrons. The predicted molar refractivity (Wildman–Crippen MR) is 436 cm³/mol. The van der Waals surface area contributed by atoms with Crippen molar-refractivity contribution in [3.8, 4) is 11.4 Å². The molecule has 36 heteroatoms. The van der Waals surface area contributed by atoms with E-state index in [1.54, 1.807) is 149 Å². The number of likely N-dealkylation sites (tertiary alicyclic amines) is 3. The van der Waals surface area contributed by atoms with Gasteiger partial charge in [0.2, 0.25) is 29.5 Å². The highest BCUT2D eigenvalue weighted by Gasteiger charge is 2.43. The molecule has 3 fully saturated rings. The van der Waals surface area contributed by atoms with Crippen LogP contribution in [0.25, 0.3) is 44.1 Å². The number of nitrogens with one attached hydrogen (secondary N) is 5. The Morgan fingerprint density at radius 2 is 0.866 bits per heavy atom. The first-order chi connectivity index (χ1) is 56.9. The lowest BCUT2D eigenvalue weighted by Gasteiger charge is -2.24. The summed E-state index contributed by atoms with van der Waals surface area (Å²) in [6.45, 7) is 5.02. The molecule has 31 nitrogen and oxygen atoms in total. The minimum atomic E-state index is -1.36. The summed E-state index contributed by atoms with van der Waals surface area (Å²) in [5, 5.41) is 17.2. The fourth-order valence-electron chi connectivity index (χ4n) is 14.4. The van der Waals surface area contributed by atoms with Crippen LogP contribution in [0.1, 0.15) is 89.2 Å². The van der Waals surface area contributed by atoms with Crippen LogP contribution in [0.15, 0.2) is 191 Å². The van der Waals surface area contributed by atoms with Gasteiger partial charge in [-0.1, -0.05) is 19.6 Å². The lowest BCUT2D eigenvalue weighted by atomic mass is 10.1. The molecule has 6 atom stereocenters. The Balaban J connectivity index is 0.000000154. The van der Waals surface area contributed by atoms with Gasteiger partial charge in [0.15, 0.2) is 34.8 Å². The van der Waals surface area contributed by atoms with Crippen LogP contribution in [-0.4, -0.2) is 192 Å². The van der Waals surface area contributed by atoms with E-state index in [0.29, 0.717) is 88.5 Å². The molecule has 3 saturated heterocycles. The van der Waals surface area contributed by atoms with Crippen molar-refractivity contribution >= 4 is 143 Å². The maximum Gasteiger partial charge on any atom is 0.248 e. The molecule has 3 aliphatic rings. The molecule has 13 aromatic rings. The van der Waals surface area contributed by atoms with E-state index in [1.807, 2.05) is 24.3 Å². The van der Waals surface area contributed by atoms with E-state index in [1.165, 1.54) is 72.9 Å². The largest absolute Gasteiger partial charge is 0.353 e. The Kier molecular flexibility index (Phi) is 25.5. The number of ketones is 4. The molecule has 3 aliphatic heterocycles. The van der Waals surface area contributed by atoms with Crippen molar-refractivity contribution < 1.29 is 60.7 Å². The monoisotopic (exact) mass is 1630 g/mol. The topological polar surface area (TPSA) is 380 Å². The van der Waals surface area contributed by atoms with E-state index in [-0.39, 0.29) is 113 Å². The second-order valence-electron chi connectivity index (χ2n) is 28.2. The minimum absolute atomic E-state index is 0. The maximum atomic E-state index is 14.6. The molecular formula is C83H78F4N22O9S. The van der Waals surface area contributed by atoms with Crippen LogP contribution in [0.5, 0.6) is 0 Å². The summed E-state index contributed by atoms with van der Waals surface area (Å²) in [5.74, 6) is -3.23. The van der Waals surface area contributed by atoms with Gasteiger partial charge >= 0.3 is 0 Å². The fraction of sp³-hybridized carbons (Fsp3) is 0.253. The van der Waals surface area contributed by atoms with Crippen LogP contribution in [-0.2, 0) is 54.8 Å². The molecule has 0 bridgehead atoms. The molecule has 12 heterocycles. The Labute approximate surface area is 681 Å². The molecule has 9 aromatic heterocycles. The standard InChI is InChI=1S/C30H25F2N7O3S.C26H25FN8O3.C26H24FN7O3.CH4/c1-17(40)23-14-38(25-7-6-19(9-22(23)25)35-20-11-33-16-34-12-20)15-29(42)39-13-18(31)8-26(39)27(41)10-28-36-30(37-43-28)21-4-2-3-5-24(21)32;1-15-7-28-10-24(31-15)33-26(38)23-5-17(27)11-35(23)25(37)13-34-12-21(16(2)36)20-6-18(3-4-22(20)34)32-19-8-29-14-30-9-19;1-16(35)22-13-33(23-5-4-18(8-21(22)23)31-20-10-29-15-30-11-20)14-25(36)34-12-17(27)7-24(34)26(37)32-19-3-2-6-28-9-19;/h2-7,9,11-12,14,16,18,26,35H,8,10,13,15H2,1H3;3-4,6-10,12,14,17,23,32H,5,11,13H2,1-2H3,(H,31,33,38);2-6,8-11,13,15,17,24,31H,7,12,14H2,1H3,(H,32,37);1H4/t18-,26+;17-,23+;17-,24+;/m111./s1. The molecule has 5 N–H and O–H groups in total. The molecule has 0 saturated carbocycles. The number of alkyl halides is 3. The Bertz CT molecular complexity index is 5960. The Hall–Kier alpha value is -14.3. The molecule has 0 radical (unpaired) electrons. The number of pyridine rings is 1. The molecule has 0 spiro atoms. The SMILES string of the molecule is C.CC(=O)c1cn(CC(=O)N2C[C@H](F)C[C@H]2C(=O)Cc2nc(-c3ccccc3F)ns2)c2ccc(Nc3cncnc3)cc12.CC(=O)c1cn(CC(=O)N2C[C@H](F)C[C@H]2C(=O)Nc2cccnc2)c2ccc(Nc3cncnc3)cc12.CC(=O)c1cn(CC(=O)N2C[C@H](F)C[C@H]2C(=O)Nc2cncc(C)n2)c2ccc(Nc3cncnc3)cc12. The highest BCUT2D eigenvalue weighted by molar-refractivity contribution is 7.05. The van der Waals surface area contributed by atoms with Gasteiger partial charge in [0.25, 0.3) is 0 Å². The van der Waals surface area contributed by atoms with Crippen LogP contribution in [0.3, 0.4) is 0 Å². The summed E-state index contributed by atoms with van der Waals surface area (Å²) in [5.41, 5.74) is 8.77. The third-order valence-electron chi connectivity index (χ3n) is 19.8. The third kappa shape index (κ3) is 19.5. The van der Waals surface area contributed by atoms with Crippen LogP contribution in [0, 0.1) is 12.7 Å². The number of amides is 5. The van der Waals surface area contributed by atoms with E-state index in [9.17, 15) is 60.7 Å². The zero-order valence-electron chi connectivity index (χ0n) is 63.6. The van der Waals surface area contributed by atoms with Crippen molar-refractivity contribution in [2.75, 3.05) is 46.2 Å². The predicted octanol–water partition coefficient (Wildman–Crippen LogP) is 11.8. The number of aryl methyl sites for hydroxylation is 1. The van der Waals surface area contributed by atoms with E-state index in [4.69, 9.17) is 0 Å². The van der Waals surface area contributed by atoms with E-state index in [0.717, 1.165) is 22.9 Å². The van der Waals surface area contributed by atoms with Crippen molar-refractivity contribution in [3.63, 3.8) is 0 Å². The smallest absolute Gasteiger partial charge is 0.248 e. The second-order valence-corrected chi connectivity index (χ2v) is 29.1. The zero-order chi connectivity index (χ0) is 82.8. The number of benzene rings is 4. The first-order valence-corrected chi connectivity index (χ1v) is 37.9. The first-order valence-electron chi connectivity index (χ1n) is 37.1. The summed E-state index contributed by atoms with van der Waals surface area (Å²) >= 11 is 0.968. The van der Waals surface area contributed by atoms with Gasteiger partial charge in [0, 0.05) is 117 Å². The normalized spacial score (nSPS) is 16.7. The Morgan fingerprint density at radius 1 is 0.454 bits per heavy atom. The van der Waals surface area contributed by atoms with Gasteiger partial charge in [0.05, 0.1) is 116 Å². The van der Waals surface area contributed by atoms with Crippen LogP contribution in [0.4, 0.5) is 63.2 Å². The van der Waals surface area contributed by atoms with Gasteiger partial charge in [0.1, 0.15) is 80.0 Å². The molecular weight excluding hydrogens is 1560 g/mol. The third-order valence-corrected chi connectivity index (χ3v) is 20.5. The number of carbonyl (C=O) groups is 9. The van der Waals surface area contributed by atoms with Crippen LogP contribution < -0.4 is 26.6 Å². The van der Waals surface area contributed by atoms with Gasteiger partial charge in [-0.25, -0.2) is 57.4 Å².